The number of nitrogens with zero attached hydrogens (tertiary/aromatic N) is 3. The number of fused-ring (bicyclic) bond motifs is 3. The van der Waals surface area contributed by atoms with Crippen molar-refractivity contribution in [3.8, 4) is 11.1 Å². The highest BCUT2D eigenvalue weighted by Crippen LogP contribution is 2.35. The van der Waals surface area contributed by atoms with Crippen LogP contribution in [0.3, 0.4) is 0 Å². The number of carboxylic acid groups (broad SMARTS) is 1. The second-order valence-corrected chi connectivity index (χ2v) is 17.6. The van der Waals surface area contributed by atoms with Crippen LogP contribution >= 0.6 is 11.8 Å². The molecule has 5 aromatic rings. The number of carbonyl (C=O) groups excluding carboxylic acids is 1. The Hall–Kier alpha value is -5.91. The minimum Gasteiger partial charge on any atom is -0.475 e. The lowest BCUT2D eigenvalue weighted by Crippen LogP contribution is -2.54. The number of piperazine rings is 1. The third-order valence-corrected chi connectivity index (χ3v) is 12.6. The molecule has 2 aliphatic rings. The lowest BCUT2D eigenvalue weighted by atomic mass is 9.92. The van der Waals surface area contributed by atoms with Crippen LogP contribution in [0.15, 0.2) is 119 Å². The number of hydrogen-bond donors (Lipinski definition) is 3. The zero-order valence-corrected chi connectivity index (χ0v) is 34.9. The molecule has 2 heterocycles. The zero-order chi connectivity index (χ0) is 43.9. The van der Waals surface area contributed by atoms with Crippen molar-refractivity contribution < 1.29 is 41.2 Å². The SMILES string of the molecule is Cc1cc(C)cc(-c2ccccc2CN2CCN3c4ccc(C(=O)NS(=O)(=O)c5ccc(NCCSc6ccccc6)c([N+](=O)[O-])c5)cc4CC[C@H]3C2)c1.O=C(O)C(F)(F)F. The average Bonchev–Trinajstić information content (AvgIpc) is 3.22. The summed E-state index contributed by atoms with van der Waals surface area (Å²) in [5.74, 6) is -2.89. The number of sulfonamides is 1. The summed E-state index contributed by atoms with van der Waals surface area (Å²) in [4.78, 5) is 39.1. The number of anilines is 2. The molecule has 1 amide bonds. The molecule has 0 radical (unpaired) electrons. The average molecular weight is 876 g/mol. The molecule has 0 bridgehead atoms. The van der Waals surface area contributed by atoms with E-state index in [9.17, 15) is 36.5 Å². The summed E-state index contributed by atoms with van der Waals surface area (Å²) in [6.45, 7) is 8.24. The first-order valence-electron chi connectivity index (χ1n) is 19.3. The Bertz CT molecular complexity index is 2500. The maximum Gasteiger partial charge on any atom is 0.490 e. The second-order valence-electron chi connectivity index (χ2n) is 14.8. The Kier molecular flexibility index (Phi) is 14.1. The molecule has 1 atom stereocenters. The molecule has 2 aliphatic heterocycles. The zero-order valence-electron chi connectivity index (χ0n) is 33.3. The van der Waals surface area contributed by atoms with Crippen LogP contribution in [0, 0.1) is 24.0 Å². The van der Waals surface area contributed by atoms with Crippen LogP contribution in [0.25, 0.3) is 11.1 Å². The lowest BCUT2D eigenvalue weighted by Gasteiger charge is -2.46. The summed E-state index contributed by atoms with van der Waals surface area (Å²) in [5.41, 5.74) is 8.46. The smallest absolute Gasteiger partial charge is 0.475 e. The van der Waals surface area contributed by atoms with Crippen LogP contribution in [0.1, 0.15) is 39.0 Å². The van der Waals surface area contributed by atoms with Crippen molar-refractivity contribution in [3.63, 3.8) is 0 Å². The van der Waals surface area contributed by atoms with E-state index in [2.05, 4.69) is 76.2 Å². The number of alkyl halides is 3. The third-order valence-electron chi connectivity index (χ3n) is 10.3. The standard InChI is InChI=1S/C42H43N5O5S2.C2HF3O2/c1-29-22-30(2)24-34(23-29)38-11-7-6-8-33(38)27-45-19-20-46-35(28-45)14-12-31-25-32(13-17-40(31)46)42(48)44-54(51,52)37-15-16-39(41(26-37)47(49)50)43-18-21-53-36-9-4-3-5-10-36;3-2(4,5)1(6)7/h3-11,13,15-17,22-26,35,43H,12,14,18-21,27-28H2,1-2H3,(H,44,48);(H,6,7)/t35-;/m0./s1. The van der Waals surface area contributed by atoms with E-state index in [1.807, 2.05) is 36.4 Å². The van der Waals surface area contributed by atoms with Gasteiger partial charge >= 0.3 is 12.1 Å². The Balaban J connectivity index is 0.000000819. The number of nitrogens with one attached hydrogen (secondary N) is 2. The predicted octanol–water partition coefficient (Wildman–Crippen LogP) is 8.47. The Labute approximate surface area is 356 Å². The van der Waals surface area contributed by atoms with E-state index < -0.39 is 33.0 Å². The Morgan fingerprint density at radius 3 is 2.30 bits per heavy atom. The molecule has 0 saturated carbocycles. The monoisotopic (exact) mass is 875 g/mol. The van der Waals surface area contributed by atoms with Gasteiger partial charge in [-0.3, -0.25) is 19.8 Å². The van der Waals surface area contributed by atoms with Crippen molar-refractivity contribution in [1.29, 1.82) is 0 Å². The predicted molar refractivity (Wildman–Crippen MR) is 230 cm³/mol. The van der Waals surface area contributed by atoms with Gasteiger partial charge in [0.2, 0.25) is 0 Å². The Morgan fingerprint density at radius 1 is 0.918 bits per heavy atom. The summed E-state index contributed by atoms with van der Waals surface area (Å²) in [5, 5.41) is 22.1. The van der Waals surface area contributed by atoms with Crippen molar-refractivity contribution in [1.82, 2.24) is 9.62 Å². The highest BCUT2D eigenvalue weighted by atomic mass is 32.2. The van der Waals surface area contributed by atoms with E-state index in [4.69, 9.17) is 9.90 Å². The fourth-order valence-electron chi connectivity index (χ4n) is 7.56. The van der Waals surface area contributed by atoms with E-state index in [1.54, 1.807) is 23.9 Å². The molecule has 0 aliphatic carbocycles. The molecule has 1 saturated heterocycles. The largest absolute Gasteiger partial charge is 0.490 e. The molecule has 12 nitrogen and oxygen atoms in total. The number of nitro groups is 1. The molecule has 1 fully saturated rings. The maximum absolute atomic E-state index is 13.3. The molecule has 17 heteroatoms. The number of aryl methyl sites for hydroxylation is 3. The van der Waals surface area contributed by atoms with Gasteiger partial charge in [0.15, 0.2) is 0 Å². The number of nitro benzene ring substituents is 1. The number of rotatable bonds is 12. The molecule has 7 rings (SSSR count). The Morgan fingerprint density at radius 2 is 1.61 bits per heavy atom. The van der Waals surface area contributed by atoms with Gasteiger partial charge in [-0.25, -0.2) is 17.9 Å². The first-order valence-corrected chi connectivity index (χ1v) is 21.8. The summed E-state index contributed by atoms with van der Waals surface area (Å²) in [6, 6.07) is 34.4. The molecular weight excluding hydrogens is 832 g/mol. The number of thioether (sulfide) groups is 1. The van der Waals surface area contributed by atoms with Crippen molar-refractivity contribution in [2.75, 3.05) is 42.1 Å². The molecular formula is C44H44F3N5O7S2. The van der Waals surface area contributed by atoms with Crippen LogP contribution in [-0.2, 0) is 27.8 Å². The van der Waals surface area contributed by atoms with Gasteiger partial charge in [-0.15, -0.1) is 11.8 Å². The van der Waals surface area contributed by atoms with Crippen molar-refractivity contribution >= 4 is 50.7 Å². The van der Waals surface area contributed by atoms with Crippen molar-refractivity contribution in [3.05, 3.63) is 147 Å². The van der Waals surface area contributed by atoms with Crippen molar-refractivity contribution in [2.24, 2.45) is 0 Å². The van der Waals surface area contributed by atoms with Gasteiger partial charge in [-0.05, 0) is 91.4 Å². The molecule has 3 N–H and O–H groups in total. The summed E-state index contributed by atoms with van der Waals surface area (Å²) >= 11 is 1.60. The fourth-order valence-corrected chi connectivity index (χ4v) is 9.34. The van der Waals surface area contributed by atoms with Gasteiger partial charge in [0.25, 0.3) is 21.6 Å². The minimum absolute atomic E-state index is 0.204. The van der Waals surface area contributed by atoms with Gasteiger partial charge < -0.3 is 15.3 Å². The number of amides is 1. The van der Waals surface area contributed by atoms with Crippen molar-refractivity contribution in [2.45, 2.75) is 55.2 Å². The normalized spacial score (nSPS) is 15.1. The topological polar surface area (TPSA) is 162 Å². The maximum atomic E-state index is 13.3. The number of halogens is 3. The second kappa shape index (κ2) is 19.2. The summed E-state index contributed by atoms with van der Waals surface area (Å²) in [6.07, 6.45) is -3.40. The quantitative estimate of drug-likeness (QED) is 0.0477. The van der Waals surface area contributed by atoms with Gasteiger partial charge in [0.05, 0.1) is 9.82 Å². The van der Waals surface area contributed by atoms with Gasteiger partial charge in [-0.1, -0.05) is 71.8 Å². The molecule has 5 aromatic carbocycles. The lowest BCUT2D eigenvalue weighted by molar-refractivity contribution is -0.384. The van der Waals surface area contributed by atoms with Crippen LogP contribution in [0.2, 0.25) is 0 Å². The first-order chi connectivity index (χ1) is 29.0. The van der Waals surface area contributed by atoms with E-state index in [0.717, 1.165) is 61.2 Å². The van der Waals surface area contributed by atoms with Crippen LogP contribution in [0.4, 0.5) is 30.2 Å². The first kappa shape index (κ1) is 44.6. The molecule has 61 heavy (non-hydrogen) atoms. The fraction of sp³-hybridized carbons (Fsp3) is 0.273. The summed E-state index contributed by atoms with van der Waals surface area (Å²) in [7, 11) is -4.39. The van der Waals surface area contributed by atoms with E-state index >= 15 is 0 Å². The molecule has 0 aromatic heterocycles. The number of benzene rings is 5. The molecule has 320 valence electrons. The van der Waals surface area contributed by atoms with E-state index in [-0.39, 0.29) is 21.8 Å². The number of carboxylic acids is 1. The van der Waals surface area contributed by atoms with Gasteiger partial charge in [0.1, 0.15) is 5.69 Å². The molecule has 0 unspecified atom stereocenters. The van der Waals surface area contributed by atoms with E-state index in [1.165, 1.54) is 39.9 Å². The highest BCUT2D eigenvalue weighted by Gasteiger charge is 2.38. The van der Waals surface area contributed by atoms with Crippen LogP contribution in [0.5, 0.6) is 0 Å². The molecule has 0 spiro atoms. The van der Waals surface area contributed by atoms with Crippen LogP contribution < -0.4 is 14.9 Å². The number of hydrogen-bond acceptors (Lipinski definition) is 10. The van der Waals surface area contributed by atoms with Gasteiger partial charge in [0, 0.05) is 66.7 Å². The van der Waals surface area contributed by atoms with E-state index in [0.29, 0.717) is 18.3 Å². The van der Waals surface area contributed by atoms with Gasteiger partial charge in [-0.2, -0.15) is 13.2 Å². The number of aliphatic carboxylic acids is 1. The number of carbonyl (C=O) groups is 2. The summed E-state index contributed by atoms with van der Waals surface area (Å²) < 4.78 is 60.5. The third kappa shape index (κ3) is 11.5. The highest BCUT2D eigenvalue weighted by molar-refractivity contribution is 7.99. The van der Waals surface area contributed by atoms with Crippen LogP contribution in [-0.4, -0.2) is 79.4 Å². The minimum atomic E-state index is -5.08.